The molecule has 0 bridgehead atoms. The summed E-state index contributed by atoms with van der Waals surface area (Å²) in [5, 5.41) is 2.14. The van der Waals surface area contributed by atoms with Crippen molar-refractivity contribution in [3.63, 3.8) is 0 Å². The van der Waals surface area contributed by atoms with Crippen molar-refractivity contribution in [1.29, 1.82) is 0 Å². The number of hydrogen-bond acceptors (Lipinski definition) is 1. The third-order valence-electron chi connectivity index (χ3n) is 2.91. The van der Waals surface area contributed by atoms with E-state index in [1.54, 1.807) is 0 Å². The summed E-state index contributed by atoms with van der Waals surface area (Å²) in [6, 6.07) is 15.5. The highest BCUT2D eigenvalue weighted by molar-refractivity contribution is 9.10. The molecule has 0 radical (unpaired) electrons. The molecular weight excluding hydrogens is 337 g/mol. The molecule has 1 nitrogen and oxygen atoms in total. The zero-order chi connectivity index (χ0) is 14.4. The van der Waals surface area contributed by atoms with Crippen molar-refractivity contribution in [3.8, 4) is 0 Å². The molecule has 106 valence electrons. The highest BCUT2D eigenvalue weighted by Gasteiger charge is 2.03. The summed E-state index contributed by atoms with van der Waals surface area (Å²) < 4.78 is 17.9. The van der Waals surface area contributed by atoms with E-state index in [4.69, 9.17) is 0 Å². The summed E-state index contributed by atoms with van der Waals surface area (Å²) in [6.45, 7) is 2.58. The van der Waals surface area contributed by atoms with Gasteiger partial charge in [-0.3, -0.25) is 4.72 Å². The van der Waals surface area contributed by atoms with Crippen molar-refractivity contribution in [1.82, 2.24) is 4.72 Å². The van der Waals surface area contributed by atoms with Crippen LogP contribution in [0.1, 0.15) is 18.1 Å². The van der Waals surface area contributed by atoms with E-state index in [-0.39, 0.29) is 16.5 Å². The van der Waals surface area contributed by atoms with E-state index in [2.05, 4.69) is 38.2 Å². The summed E-state index contributed by atoms with van der Waals surface area (Å²) in [5.74, 6) is 0.765. The Kier molecular flexibility index (Phi) is 5.95. The fourth-order valence-electron chi connectivity index (χ4n) is 1.81. The average molecular weight is 354 g/mol. The Bertz CT molecular complexity index is 599. The SMILES string of the molecule is C/C=S(\Cc1ccccc1)NCc1ccc(Br)cc1F. The second-order valence-electron chi connectivity index (χ2n) is 4.35. The van der Waals surface area contributed by atoms with Gasteiger partial charge in [-0.25, -0.2) is 4.39 Å². The fourth-order valence-corrected chi connectivity index (χ4v) is 3.47. The number of halogens is 2. The number of rotatable bonds is 5. The molecule has 0 fully saturated rings. The van der Waals surface area contributed by atoms with Gasteiger partial charge in [0.1, 0.15) is 5.82 Å². The van der Waals surface area contributed by atoms with Crippen LogP contribution in [0.15, 0.2) is 53.0 Å². The lowest BCUT2D eigenvalue weighted by atomic mass is 10.2. The molecule has 20 heavy (non-hydrogen) atoms. The molecule has 2 rings (SSSR count). The topological polar surface area (TPSA) is 12.0 Å². The molecule has 2 aromatic rings. The maximum absolute atomic E-state index is 13.8. The van der Waals surface area contributed by atoms with E-state index in [0.717, 1.165) is 10.2 Å². The normalized spacial score (nSPS) is 12.6. The molecule has 0 aliphatic carbocycles. The zero-order valence-electron chi connectivity index (χ0n) is 11.3. The van der Waals surface area contributed by atoms with E-state index < -0.39 is 0 Å². The first kappa shape index (κ1) is 15.4. The first-order valence-corrected chi connectivity index (χ1v) is 8.64. The van der Waals surface area contributed by atoms with Crippen LogP contribution < -0.4 is 4.72 Å². The molecule has 1 N–H and O–H groups in total. The van der Waals surface area contributed by atoms with Gasteiger partial charge in [-0.2, -0.15) is 0 Å². The van der Waals surface area contributed by atoms with E-state index in [1.807, 2.05) is 37.3 Å². The van der Waals surface area contributed by atoms with E-state index >= 15 is 0 Å². The van der Waals surface area contributed by atoms with Crippen molar-refractivity contribution in [2.75, 3.05) is 0 Å². The van der Waals surface area contributed by atoms with Gasteiger partial charge in [-0.1, -0.05) is 52.3 Å². The smallest absolute Gasteiger partial charge is 0.128 e. The summed E-state index contributed by atoms with van der Waals surface area (Å²) in [7, 11) is -0.0499. The average Bonchev–Trinajstić information content (AvgIpc) is 2.46. The fraction of sp³-hybridized carbons (Fsp3) is 0.188. The maximum Gasteiger partial charge on any atom is 0.128 e. The quantitative estimate of drug-likeness (QED) is 0.755. The van der Waals surface area contributed by atoms with E-state index in [9.17, 15) is 4.39 Å². The third kappa shape index (κ3) is 4.54. The highest BCUT2D eigenvalue weighted by atomic mass is 79.9. The Hall–Kier alpha value is -0.970. The predicted molar refractivity (Wildman–Crippen MR) is 90.4 cm³/mol. The molecule has 2 aromatic carbocycles. The van der Waals surface area contributed by atoms with Gasteiger partial charge >= 0.3 is 0 Å². The van der Waals surface area contributed by atoms with Gasteiger partial charge in [-0.05, 0) is 30.0 Å². The van der Waals surface area contributed by atoms with Crippen LogP contribution in [0.3, 0.4) is 0 Å². The monoisotopic (exact) mass is 353 g/mol. The molecule has 0 saturated carbocycles. The first-order valence-electron chi connectivity index (χ1n) is 6.39. The molecular formula is C16H17BrFNS. The molecule has 0 saturated heterocycles. The minimum Gasteiger partial charge on any atom is -0.265 e. The summed E-state index contributed by atoms with van der Waals surface area (Å²) in [6.07, 6.45) is 0. The lowest BCUT2D eigenvalue weighted by Crippen LogP contribution is -2.09. The van der Waals surface area contributed by atoms with Gasteiger partial charge in [-0.15, -0.1) is 10.7 Å². The van der Waals surface area contributed by atoms with Crippen molar-refractivity contribution in [3.05, 3.63) is 69.9 Å². The number of nitrogens with one attached hydrogen (secondary N) is 1. The summed E-state index contributed by atoms with van der Waals surface area (Å²) in [4.78, 5) is 0. The van der Waals surface area contributed by atoms with Gasteiger partial charge in [0, 0.05) is 22.3 Å². The van der Waals surface area contributed by atoms with Crippen LogP contribution in [0.25, 0.3) is 0 Å². The van der Waals surface area contributed by atoms with Crippen molar-refractivity contribution in [2.45, 2.75) is 19.2 Å². The van der Waals surface area contributed by atoms with E-state index in [0.29, 0.717) is 12.1 Å². The second-order valence-corrected chi connectivity index (χ2v) is 7.17. The van der Waals surface area contributed by atoms with Crippen LogP contribution in [0.5, 0.6) is 0 Å². The molecule has 1 atom stereocenters. The first-order chi connectivity index (χ1) is 9.69. The number of hydrogen-bond donors (Lipinski definition) is 1. The molecule has 0 amide bonds. The lowest BCUT2D eigenvalue weighted by molar-refractivity contribution is 0.607. The van der Waals surface area contributed by atoms with Gasteiger partial charge < -0.3 is 0 Å². The van der Waals surface area contributed by atoms with Crippen molar-refractivity contribution in [2.24, 2.45) is 0 Å². The van der Waals surface area contributed by atoms with Crippen LogP contribution in [0.4, 0.5) is 4.39 Å². The van der Waals surface area contributed by atoms with Crippen molar-refractivity contribution < 1.29 is 4.39 Å². The van der Waals surface area contributed by atoms with Crippen LogP contribution in [-0.2, 0) is 12.3 Å². The maximum atomic E-state index is 13.8. The Morgan fingerprint density at radius 2 is 1.95 bits per heavy atom. The lowest BCUT2D eigenvalue weighted by Gasteiger charge is -2.12. The third-order valence-corrected chi connectivity index (χ3v) is 5.13. The Morgan fingerprint density at radius 3 is 2.60 bits per heavy atom. The van der Waals surface area contributed by atoms with Crippen LogP contribution >= 0.6 is 26.6 Å². The zero-order valence-corrected chi connectivity index (χ0v) is 13.7. The van der Waals surface area contributed by atoms with Gasteiger partial charge in [0.15, 0.2) is 0 Å². The number of benzene rings is 2. The molecule has 0 aromatic heterocycles. The van der Waals surface area contributed by atoms with Crippen LogP contribution in [0, 0.1) is 5.82 Å². The minimum absolute atomic E-state index is 0.0499. The van der Waals surface area contributed by atoms with Crippen LogP contribution in [-0.4, -0.2) is 5.37 Å². The largest absolute Gasteiger partial charge is 0.265 e. The molecule has 4 heteroatoms. The molecule has 0 aliphatic heterocycles. The Balaban J connectivity index is 1.98. The molecule has 1 unspecified atom stereocenters. The van der Waals surface area contributed by atoms with Crippen molar-refractivity contribution >= 4 is 32.0 Å². The highest BCUT2D eigenvalue weighted by Crippen LogP contribution is 2.19. The molecule has 0 spiro atoms. The summed E-state index contributed by atoms with van der Waals surface area (Å²) >= 11 is 3.27. The predicted octanol–water partition coefficient (Wildman–Crippen LogP) is 4.88. The standard InChI is InChI=1S/C16H17BrFNS/c1-2-20(12-13-6-4-3-5-7-13)19-11-14-8-9-15(17)10-16(14)18/h2-10,19H,11-12H2,1H3. The van der Waals surface area contributed by atoms with E-state index in [1.165, 1.54) is 11.6 Å². The second kappa shape index (κ2) is 7.72. The Labute approximate surface area is 130 Å². The summed E-state index contributed by atoms with van der Waals surface area (Å²) in [5.41, 5.74) is 1.98. The molecule has 0 heterocycles. The minimum atomic E-state index is -0.175. The van der Waals surface area contributed by atoms with Gasteiger partial charge in [0.05, 0.1) is 0 Å². The molecule has 0 aliphatic rings. The van der Waals surface area contributed by atoms with Gasteiger partial charge in [0.2, 0.25) is 0 Å². The van der Waals surface area contributed by atoms with Gasteiger partial charge in [0.25, 0.3) is 0 Å². The Morgan fingerprint density at radius 1 is 1.20 bits per heavy atom. The van der Waals surface area contributed by atoms with Crippen LogP contribution in [0.2, 0.25) is 0 Å².